The molecular formula is C21H18N2O2S. The molecule has 1 saturated carbocycles. The normalized spacial score (nSPS) is 14.0. The Morgan fingerprint density at radius 1 is 0.731 bits per heavy atom. The summed E-state index contributed by atoms with van der Waals surface area (Å²) in [5, 5.41) is 2.19. The van der Waals surface area contributed by atoms with Gasteiger partial charge < -0.3 is 0 Å². The predicted molar refractivity (Wildman–Crippen MR) is 104 cm³/mol. The molecule has 4 aromatic rings. The molecule has 26 heavy (non-hydrogen) atoms. The molecule has 2 aromatic heterocycles. The van der Waals surface area contributed by atoms with E-state index in [1.54, 1.807) is 6.07 Å². The third-order valence-corrected chi connectivity index (χ3v) is 6.50. The Hall–Kier alpha value is -2.79. The second-order valence-corrected chi connectivity index (χ2v) is 8.46. The van der Waals surface area contributed by atoms with Crippen molar-refractivity contribution in [2.75, 3.05) is 0 Å². The molecule has 0 aliphatic heterocycles. The molecule has 130 valence electrons. The summed E-state index contributed by atoms with van der Waals surface area (Å²) in [6.07, 6.45) is 3.36. The monoisotopic (exact) mass is 362 g/mol. The topological polar surface area (TPSA) is 59.9 Å². The average Bonchev–Trinajstić information content (AvgIpc) is 3.54. The average molecular weight is 362 g/mol. The number of hydrogen-bond acceptors (Lipinski definition) is 4. The third kappa shape index (κ3) is 3.44. The van der Waals surface area contributed by atoms with Gasteiger partial charge in [0.05, 0.1) is 16.3 Å². The van der Waals surface area contributed by atoms with E-state index in [0.717, 1.165) is 29.3 Å². The van der Waals surface area contributed by atoms with Crippen molar-refractivity contribution in [3.05, 3.63) is 79.0 Å². The Balaban J connectivity index is 0.000000144. The maximum absolute atomic E-state index is 12.0. The number of para-hydroxylation sites is 2. The summed E-state index contributed by atoms with van der Waals surface area (Å²) < 4.78 is 24.0. The summed E-state index contributed by atoms with van der Waals surface area (Å²) in [6.45, 7) is 0. The zero-order valence-corrected chi connectivity index (χ0v) is 14.9. The zero-order valence-electron chi connectivity index (χ0n) is 14.1. The van der Waals surface area contributed by atoms with Crippen molar-refractivity contribution in [2.24, 2.45) is 0 Å². The highest BCUT2D eigenvalue weighted by Crippen LogP contribution is 2.33. The number of benzene rings is 2. The Bertz CT molecular complexity index is 1100. The largest absolute Gasteiger partial charge is 0.256 e. The quantitative estimate of drug-likeness (QED) is 0.530. The molecule has 0 amide bonds. The summed E-state index contributed by atoms with van der Waals surface area (Å²) in [5.41, 5.74) is 1.80. The minimum atomic E-state index is -3.17. The SMILES string of the molecule is O=S(=O)(c1ccc2ccccc2n1)C1CC1.c1ccc2ncccc2c1. The van der Waals surface area contributed by atoms with E-state index in [9.17, 15) is 8.42 Å². The second-order valence-electron chi connectivity index (χ2n) is 6.28. The number of pyridine rings is 2. The van der Waals surface area contributed by atoms with Crippen molar-refractivity contribution >= 4 is 31.6 Å². The van der Waals surface area contributed by atoms with Crippen molar-refractivity contribution in [1.82, 2.24) is 9.97 Å². The van der Waals surface area contributed by atoms with Gasteiger partial charge in [0.2, 0.25) is 0 Å². The first-order valence-corrected chi connectivity index (χ1v) is 10.1. The molecule has 0 N–H and O–H groups in total. The number of sulfone groups is 1. The maximum atomic E-state index is 12.0. The van der Waals surface area contributed by atoms with Crippen LogP contribution in [0.3, 0.4) is 0 Å². The Morgan fingerprint density at radius 3 is 2.04 bits per heavy atom. The molecule has 0 bridgehead atoms. The summed E-state index contributed by atoms with van der Waals surface area (Å²) in [4.78, 5) is 8.40. The lowest BCUT2D eigenvalue weighted by Crippen LogP contribution is -2.08. The van der Waals surface area contributed by atoms with E-state index in [1.807, 2.05) is 60.8 Å². The van der Waals surface area contributed by atoms with Gasteiger partial charge in [-0.1, -0.05) is 42.5 Å². The highest BCUT2D eigenvalue weighted by atomic mass is 32.2. The molecule has 1 aliphatic rings. The van der Waals surface area contributed by atoms with Gasteiger partial charge in [0.1, 0.15) is 0 Å². The summed E-state index contributed by atoms with van der Waals surface area (Å²) in [5.74, 6) is 0. The van der Waals surface area contributed by atoms with Crippen molar-refractivity contribution in [3.8, 4) is 0 Å². The van der Waals surface area contributed by atoms with Crippen LogP contribution in [0.15, 0.2) is 84.0 Å². The van der Waals surface area contributed by atoms with E-state index in [0.29, 0.717) is 0 Å². The molecule has 2 heterocycles. The smallest absolute Gasteiger partial charge is 0.198 e. The molecule has 0 radical (unpaired) electrons. The van der Waals surface area contributed by atoms with Gasteiger partial charge in [-0.15, -0.1) is 0 Å². The highest BCUT2D eigenvalue weighted by Gasteiger charge is 2.37. The lowest BCUT2D eigenvalue weighted by molar-refractivity contribution is 0.591. The molecular weight excluding hydrogens is 344 g/mol. The van der Waals surface area contributed by atoms with Gasteiger partial charge in [0.25, 0.3) is 0 Å². The van der Waals surface area contributed by atoms with Crippen LogP contribution in [0.1, 0.15) is 12.8 Å². The summed E-state index contributed by atoms with van der Waals surface area (Å²) >= 11 is 0. The van der Waals surface area contributed by atoms with E-state index < -0.39 is 9.84 Å². The van der Waals surface area contributed by atoms with Gasteiger partial charge in [-0.2, -0.15) is 0 Å². The molecule has 0 spiro atoms. The van der Waals surface area contributed by atoms with E-state index in [4.69, 9.17) is 0 Å². The number of hydrogen-bond donors (Lipinski definition) is 0. The molecule has 5 heteroatoms. The standard InChI is InChI=1S/C12H11NO2S.C9H7N/c14-16(15,10-6-7-10)12-8-5-9-3-1-2-4-11(9)13-12;1-2-6-9-8(4-1)5-3-7-10-9/h1-5,8,10H,6-7H2;1-7H. The fourth-order valence-electron chi connectivity index (χ4n) is 2.77. The first-order valence-electron chi connectivity index (χ1n) is 8.54. The van der Waals surface area contributed by atoms with Crippen molar-refractivity contribution in [3.63, 3.8) is 0 Å². The van der Waals surface area contributed by atoms with Crippen LogP contribution in [0.2, 0.25) is 0 Å². The van der Waals surface area contributed by atoms with Gasteiger partial charge in [-0.3, -0.25) is 4.98 Å². The number of fused-ring (bicyclic) bond motifs is 2. The van der Waals surface area contributed by atoms with Crippen LogP contribution in [0.4, 0.5) is 0 Å². The van der Waals surface area contributed by atoms with Gasteiger partial charge in [0, 0.05) is 17.0 Å². The molecule has 0 unspecified atom stereocenters. The van der Waals surface area contributed by atoms with Gasteiger partial charge in [-0.05, 0) is 43.2 Å². The summed E-state index contributed by atoms with van der Waals surface area (Å²) in [6, 6.07) is 23.0. The molecule has 1 aliphatic carbocycles. The lowest BCUT2D eigenvalue weighted by atomic mass is 10.2. The van der Waals surface area contributed by atoms with E-state index in [-0.39, 0.29) is 10.3 Å². The van der Waals surface area contributed by atoms with E-state index in [1.165, 1.54) is 5.39 Å². The molecule has 2 aromatic carbocycles. The van der Waals surface area contributed by atoms with Crippen LogP contribution in [0.25, 0.3) is 21.8 Å². The molecule has 0 saturated heterocycles. The van der Waals surface area contributed by atoms with Crippen LogP contribution >= 0.6 is 0 Å². The summed E-state index contributed by atoms with van der Waals surface area (Å²) in [7, 11) is -3.17. The van der Waals surface area contributed by atoms with Crippen LogP contribution in [0, 0.1) is 0 Å². The minimum absolute atomic E-state index is 0.193. The van der Waals surface area contributed by atoms with Gasteiger partial charge in [0.15, 0.2) is 14.9 Å². The van der Waals surface area contributed by atoms with Crippen molar-refractivity contribution in [1.29, 1.82) is 0 Å². The third-order valence-electron chi connectivity index (χ3n) is 4.34. The zero-order chi connectivity index (χ0) is 18.0. The van der Waals surface area contributed by atoms with Crippen LogP contribution in [-0.4, -0.2) is 23.6 Å². The first kappa shape index (κ1) is 16.7. The van der Waals surface area contributed by atoms with Crippen LogP contribution in [0.5, 0.6) is 0 Å². The molecule has 1 fully saturated rings. The minimum Gasteiger partial charge on any atom is -0.256 e. The fourth-order valence-corrected chi connectivity index (χ4v) is 4.35. The maximum Gasteiger partial charge on any atom is 0.198 e. The highest BCUT2D eigenvalue weighted by molar-refractivity contribution is 7.92. The van der Waals surface area contributed by atoms with Crippen molar-refractivity contribution < 1.29 is 8.42 Å². The van der Waals surface area contributed by atoms with Gasteiger partial charge in [-0.25, -0.2) is 13.4 Å². The van der Waals surface area contributed by atoms with E-state index in [2.05, 4.69) is 22.1 Å². The van der Waals surface area contributed by atoms with Crippen molar-refractivity contribution in [2.45, 2.75) is 23.1 Å². The van der Waals surface area contributed by atoms with Crippen LogP contribution < -0.4 is 0 Å². The number of nitrogens with zero attached hydrogens (tertiary/aromatic N) is 2. The Labute approximate surface area is 152 Å². The number of rotatable bonds is 2. The van der Waals surface area contributed by atoms with Gasteiger partial charge >= 0.3 is 0 Å². The molecule has 0 atom stereocenters. The fraction of sp³-hybridized carbons (Fsp3) is 0.143. The second kappa shape index (κ2) is 6.84. The van der Waals surface area contributed by atoms with E-state index >= 15 is 0 Å². The van der Waals surface area contributed by atoms with Crippen LogP contribution in [-0.2, 0) is 9.84 Å². The Morgan fingerprint density at radius 2 is 1.35 bits per heavy atom. The lowest BCUT2D eigenvalue weighted by Gasteiger charge is -2.03. The molecule has 4 nitrogen and oxygen atoms in total. The Kier molecular flexibility index (Phi) is 4.39. The number of aromatic nitrogens is 2. The predicted octanol–water partition coefficient (Wildman–Crippen LogP) is 4.41. The molecule has 5 rings (SSSR count). The first-order chi connectivity index (χ1) is 12.6.